The van der Waals surface area contributed by atoms with E-state index in [1.807, 2.05) is 13.0 Å². The first kappa shape index (κ1) is 10.3. The van der Waals surface area contributed by atoms with Gasteiger partial charge in [0.25, 0.3) is 0 Å². The Kier molecular flexibility index (Phi) is 2.12. The lowest BCUT2D eigenvalue weighted by Crippen LogP contribution is -2.26. The van der Waals surface area contributed by atoms with Crippen molar-refractivity contribution in [1.82, 2.24) is 4.90 Å². The Bertz CT molecular complexity index is 429. The van der Waals surface area contributed by atoms with E-state index in [1.54, 1.807) is 6.07 Å². The van der Waals surface area contributed by atoms with Gasteiger partial charge in [0.15, 0.2) is 0 Å². The summed E-state index contributed by atoms with van der Waals surface area (Å²) in [6.45, 7) is 7.47. The smallest absolute Gasteiger partial charge is 0.126 e. The van der Waals surface area contributed by atoms with Crippen molar-refractivity contribution < 1.29 is 4.39 Å². The topological polar surface area (TPSA) is 3.24 Å². The summed E-state index contributed by atoms with van der Waals surface area (Å²) in [7, 11) is 0. The third-order valence-electron chi connectivity index (χ3n) is 4.41. The number of hydrogen-bond acceptors (Lipinski definition) is 1. The Morgan fingerprint density at radius 3 is 2.94 bits per heavy atom. The van der Waals surface area contributed by atoms with Crippen molar-refractivity contribution >= 4 is 0 Å². The third kappa shape index (κ3) is 1.32. The van der Waals surface area contributed by atoms with Crippen LogP contribution in [0.15, 0.2) is 18.2 Å². The van der Waals surface area contributed by atoms with Crippen molar-refractivity contribution in [3.8, 4) is 0 Å². The van der Waals surface area contributed by atoms with Crippen molar-refractivity contribution in [2.24, 2.45) is 5.92 Å². The van der Waals surface area contributed by atoms with Gasteiger partial charge in [0.1, 0.15) is 5.82 Å². The van der Waals surface area contributed by atoms with Gasteiger partial charge in [0, 0.05) is 18.5 Å². The van der Waals surface area contributed by atoms with Gasteiger partial charge in [0.05, 0.1) is 0 Å². The van der Waals surface area contributed by atoms with Crippen LogP contribution in [0.5, 0.6) is 0 Å². The third-order valence-corrected chi connectivity index (χ3v) is 4.41. The largest absolute Gasteiger partial charge is 0.302 e. The van der Waals surface area contributed by atoms with Crippen molar-refractivity contribution in [2.45, 2.75) is 25.7 Å². The second-order valence-corrected chi connectivity index (χ2v) is 5.35. The van der Waals surface area contributed by atoms with Crippen molar-refractivity contribution in [3.63, 3.8) is 0 Å². The molecule has 0 bridgehead atoms. The number of piperidine rings is 1. The average Bonchev–Trinajstić information content (AvgIpc) is 2.86. The van der Waals surface area contributed by atoms with Crippen molar-refractivity contribution in [2.75, 3.05) is 19.6 Å². The lowest BCUT2D eigenvalue weighted by Gasteiger charge is -2.19. The van der Waals surface area contributed by atoms with Gasteiger partial charge in [-0.25, -0.2) is 4.39 Å². The molecule has 1 nitrogen and oxygen atoms in total. The van der Waals surface area contributed by atoms with Crippen LogP contribution in [0.1, 0.15) is 24.5 Å². The van der Waals surface area contributed by atoms with Crippen LogP contribution < -0.4 is 0 Å². The fourth-order valence-electron chi connectivity index (χ4n) is 3.18. The van der Waals surface area contributed by atoms with Crippen LogP contribution in [-0.4, -0.2) is 24.5 Å². The minimum Gasteiger partial charge on any atom is -0.302 e. The summed E-state index contributed by atoms with van der Waals surface area (Å²) < 4.78 is 13.6. The molecule has 0 N–H and O–H groups in total. The highest BCUT2D eigenvalue weighted by Gasteiger charge is 2.60. The number of likely N-dealkylation sites (tertiary alicyclic amines) is 1. The van der Waals surface area contributed by atoms with Gasteiger partial charge in [-0.3, -0.25) is 0 Å². The number of fused-ring (bicyclic) bond motifs is 1. The molecule has 0 spiro atoms. The van der Waals surface area contributed by atoms with Crippen LogP contribution in [0.4, 0.5) is 4.39 Å². The second-order valence-electron chi connectivity index (χ2n) is 5.35. The number of aryl methyl sites for hydroxylation is 1. The van der Waals surface area contributed by atoms with Crippen molar-refractivity contribution in [3.05, 3.63) is 35.1 Å². The van der Waals surface area contributed by atoms with Gasteiger partial charge >= 0.3 is 0 Å². The molecule has 0 amide bonds. The first-order valence-electron chi connectivity index (χ1n) is 6.15. The highest BCUT2D eigenvalue weighted by Crippen LogP contribution is 2.58. The van der Waals surface area contributed by atoms with E-state index in [4.69, 9.17) is 0 Å². The summed E-state index contributed by atoms with van der Waals surface area (Å²) in [5.41, 5.74) is 2.27. The summed E-state index contributed by atoms with van der Waals surface area (Å²) in [5, 5.41) is 0. The molecule has 2 fully saturated rings. The number of hydrogen-bond donors (Lipinski definition) is 0. The first-order valence-corrected chi connectivity index (χ1v) is 6.15. The van der Waals surface area contributed by atoms with Gasteiger partial charge in [-0.2, -0.15) is 0 Å². The Morgan fingerprint density at radius 1 is 1.50 bits per heavy atom. The molecule has 86 valence electrons. The average molecular weight is 219 g/mol. The molecular formula is C14H18FN. The Labute approximate surface area is 96.3 Å². The van der Waals surface area contributed by atoms with Crippen LogP contribution in [0.3, 0.4) is 0 Å². The molecule has 1 aromatic rings. The first-order chi connectivity index (χ1) is 7.65. The Balaban J connectivity index is 1.91. The summed E-state index contributed by atoms with van der Waals surface area (Å²) in [6, 6.07) is 5.80. The zero-order valence-corrected chi connectivity index (χ0v) is 9.96. The predicted molar refractivity (Wildman–Crippen MR) is 63.0 cm³/mol. The maximum absolute atomic E-state index is 13.6. The fourth-order valence-corrected chi connectivity index (χ4v) is 3.18. The van der Waals surface area contributed by atoms with Gasteiger partial charge in [-0.15, -0.1) is 0 Å². The molecule has 1 aliphatic heterocycles. The number of benzene rings is 1. The van der Waals surface area contributed by atoms with Crippen LogP contribution in [0.2, 0.25) is 0 Å². The molecular weight excluding hydrogens is 201 g/mol. The molecule has 1 saturated carbocycles. The van der Waals surface area contributed by atoms with Gasteiger partial charge in [-0.1, -0.05) is 19.1 Å². The standard InChI is InChI=1S/C14H18FN/c1-3-16-8-12-7-14(12,9-16)11-5-4-10(2)13(15)6-11/h4-6,12H,3,7-9H2,1-2H3. The maximum atomic E-state index is 13.6. The second kappa shape index (κ2) is 3.30. The SMILES string of the molecule is CCN1CC2CC2(c2ccc(C)c(F)c2)C1. The molecule has 0 radical (unpaired) electrons. The van der Waals surface area contributed by atoms with E-state index in [2.05, 4.69) is 17.9 Å². The molecule has 0 aromatic heterocycles. The van der Waals surface area contributed by atoms with E-state index in [9.17, 15) is 4.39 Å². The number of nitrogens with zero attached hydrogens (tertiary/aromatic N) is 1. The van der Waals surface area contributed by atoms with E-state index in [-0.39, 0.29) is 5.82 Å². The summed E-state index contributed by atoms with van der Waals surface area (Å²) in [5.74, 6) is 0.724. The van der Waals surface area contributed by atoms with E-state index in [0.29, 0.717) is 5.41 Å². The summed E-state index contributed by atoms with van der Waals surface area (Å²) in [6.07, 6.45) is 1.26. The molecule has 2 heteroatoms. The minimum absolute atomic E-state index is 0.0486. The molecule has 1 aliphatic carbocycles. The van der Waals surface area contributed by atoms with Crippen LogP contribution in [-0.2, 0) is 5.41 Å². The number of likely N-dealkylation sites (N-methyl/N-ethyl adjacent to an activating group) is 1. The molecule has 3 rings (SSSR count). The van der Waals surface area contributed by atoms with Gasteiger partial charge in [-0.05, 0) is 43.0 Å². The van der Waals surface area contributed by atoms with E-state index in [1.165, 1.54) is 18.5 Å². The van der Waals surface area contributed by atoms with Crippen LogP contribution in [0, 0.1) is 18.7 Å². The minimum atomic E-state index is -0.0486. The predicted octanol–water partition coefficient (Wildman–Crippen LogP) is 2.73. The lowest BCUT2D eigenvalue weighted by atomic mass is 9.94. The highest BCUT2D eigenvalue weighted by atomic mass is 19.1. The zero-order chi connectivity index (χ0) is 11.3. The lowest BCUT2D eigenvalue weighted by molar-refractivity contribution is 0.314. The van der Waals surface area contributed by atoms with Crippen LogP contribution >= 0.6 is 0 Å². The molecule has 16 heavy (non-hydrogen) atoms. The molecule has 1 heterocycles. The summed E-state index contributed by atoms with van der Waals surface area (Å²) >= 11 is 0. The quantitative estimate of drug-likeness (QED) is 0.739. The number of rotatable bonds is 2. The molecule has 2 aliphatic rings. The number of halogens is 1. The Morgan fingerprint density at radius 2 is 2.31 bits per heavy atom. The molecule has 1 aromatic carbocycles. The monoisotopic (exact) mass is 219 g/mol. The summed E-state index contributed by atoms with van der Waals surface area (Å²) in [4.78, 5) is 2.48. The highest BCUT2D eigenvalue weighted by molar-refractivity contribution is 5.38. The van der Waals surface area contributed by atoms with Gasteiger partial charge < -0.3 is 4.90 Å². The zero-order valence-electron chi connectivity index (χ0n) is 9.96. The Hall–Kier alpha value is -0.890. The fraction of sp³-hybridized carbons (Fsp3) is 0.571. The maximum Gasteiger partial charge on any atom is 0.126 e. The van der Waals surface area contributed by atoms with Gasteiger partial charge in [0.2, 0.25) is 0 Å². The van der Waals surface area contributed by atoms with E-state index >= 15 is 0 Å². The normalized spacial score (nSPS) is 32.8. The van der Waals surface area contributed by atoms with Crippen LogP contribution in [0.25, 0.3) is 0 Å². The molecule has 2 unspecified atom stereocenters. The van der Waals surface area contributed by atoms with Crippen molar-refractivity contribution in [1.29, 1.82) is 0 Å². The van der Waals surface area contributed by atoms with E-state index in [0.717, 1.165) is 24.6 Å². The van der Waals surface area contributed by atoms with E-state index < -0.39 is 0 Å². The molecule has 2 atom stereocenters. The molecule has 1 saturated heterocycles.